The Kier molecular flexibility index (Phi) is 6.33. The molecule has 3 nitrogen and oxygen atoms in total. The SMILES string of the molecule is C=C1CCNc2c(cccc2-c2cc3ccccc3n2Sc2ccc(F)cc2)N1.CC. The first-order chi connectivity index (χ1) is 15.2. The highest BCUT2D eigenvalue weighted by molar-refractivity contribution is 7.98. The average Bonchev–Trinajstić information content (AvgIpc) is 3.03. The Balaban J connectivity index is 0.00000112. The van der Waals surface area contributed by atoms with E-state index in [-0.39, 0.29) is 5.82 Å². The van der Waals surface area contributed by atoms with Crippen LogP contribution in [0.5, 0.6) is 0 Å². The molecule has 0 saturated heterocycles. The maximum absolute atomic E-state index is 13.4. The van der Waals surface area contributed by atoms with Crippen LogP contribution in [0.1, 0.15) is 20.3 Å². The van der Waals surface area contributed by atoms with Crippen molar-refractivity contribution in [3.8, 4) is 11.3 Å². The third-order valence-electron chi connectivity index (χ3n) is 5.06. The molecule has 5 heteroatoms. The molecular weight excluding hydrogens is 405 g/mol. The first kappa shape index (κ1) is 21.1. The number of aromatic nitrogens is 1. The highest BCUT2D eigenvalue weighted by atomic mass is 32.2. The van der Waals surface area contributed by atoms with Crippen LogP contribution in [0.25, 0.3) is 22.2 Å². The van der Waals surface area contributed by atoms with Gasteiger partial charge in [0.05, 0.1) is 22.6 Å². The largest absolute Gasteiger partial charge is 0.382 e. The van der Waals surface area contributed by atoms with Crippen molar-refractivity contribution in [1.29, 1.82) is 0 Å². The molecule has 0 bridgehead atoms. The molecule has 4 aromatic rings. The third-order valence-corrected chi connectivity index (χ3v) is 6.12. The highest BCUT2D eigenvalue weighted by Crippen LogP contribution is 2.41. The molecule has 5 rings (SSSR count). The van der Waals surface area contributed by atoms with Gasteiger partial charge in [0.25, 0.3) is 0 Å². The molecule has 1 aliphatic heterocycles. The van der Waals surface area contributed by atoms with Gasteiger partial charge in [-0.2, -0.15) is 0 Å². The van der Waals surface area contributed by atoms with Crippen LogP contribution in [0.4, 0.5) is 15.8 Å². The number of rotatable bonds is 3. The van der Waals surface area contributed by atoms with Gasteiger partial charge in [-0.15, -0.1) is 0 Å². The molecule has 31 heavy (non-hydrogen) atoms. The van der Waals surface area contributed by atoms with Gasteiger partial charge in [0, 0.05) is 34.5 Å². The quantitative estimate of drug-likeness (QED) is 0.347. The second-order valence-electron chi connectivity index (χ2n) is 7.06. The monoisotopic (exact) mass is 431 g/mol. The van der Waals surface area contributed by atoms with E-state index in [1.807, 2.05) is 38.1 Å². The van der Waals surface area contributed by atoms with Gasteiger partial charge in [-0.3, -0.25) is 3.97 Å². The summed E-state index contributed by atoms with van der Waals surface area (Å²) in [6, 6.07) is 23.4. The molecule has 2 N–H and O–H groups in total. The molecule has 0 aliphatic carbocycles. The van der Waals surface area contributed by atoms with Crippen LogP contribution in [0, 0.1) is 5.82 Å². The van der Waals surface area contributed by atoms with Crippen molar-refractivity contribution < 1.29 is 4.39 Å². The summed E-state index contributed by atoms with van der Waals surface area (Å²) < 4.78 is 15.6. The minimum atomic E-state index is -0.226. The fraction of sp³-hybridized carbons (Fsp3) is 0.154. The number of para-hydroxylation sites is 2. The van der Waals surface area contributed by atoms with Crippen molar-refractivity contribution in [2.45, 2.75) is 25.2 Å². The van der Waals surface area contributed by atoms with Crippen molar-refractivity contribution >= 4 is 34.2 Å². The van der Waals surface area contributed by atoms with Gasteiger partial charge >= 0.3 is 0 Å². The van der Waals surface area contributed by atoms with E-state index in [1.165, 1.54) is 17.5 Å². The molecule has 0 atom stereocenters. The van der Waals surface area contributed by atoms with E-state index >= 15 is 0 Å². The van der Waals surface area contributed by atoms with E-state index in [0.29, 0.717) is 0 Å². The Labute approximate surface area is 187 Å². The van der Waals surface area contributed by atoms with Crippen LogP contribution in [0.2, 0.25) is 0 Å². The molecule has 0 unspecified atom stereocenters. The zero-order chi connectivity index (χ0) is 21.8. The minimum absolute atomic E-state index is 0.226. The lowest BCUT2D eigenvalue weighted by atomic mass is 10.1. The number of nitrogens with one attached hydrogen (secondary N) is 2. The first-order valence-electron chi connectivity index (χ1n) is 10.6. The molecule has 0 spiro atoms. The number of nitrogens with zero attached hydrogens (tertiary/aromatic N) is 1. The Morgan fingerprint density at radius 2 is 1.74 bits per heavy atom. The van der Waals surface area contributed by atoms with E-state index in [1.54, 1.807) is 11.9 Å². The molecule has 0 radical (unpaired) electrons. The van der Waals surface area contributed by atoms with Gasteiger partial charge in [-0.05, 0) is 54.4 Å². The van der Waals surface area contributed by atoms with Crippen LogP contribution < -0.4 is 10.6 Å². The molecule has 3 aromatic carbocycles. The highest BCUT2D eigenvalue weighted by Gasteiger charge is 2.19. The van der Waals surface area contributed by atoms with E-state index in [9.17, 15) is 4.39 Å². The van der Waals surface area contributed by atoms with E-state index in [2.05, 4.69) is 57.6 Å². The molecule has 0 saturated carbocycles. The molecule has 0 fully saturated rings. The van der Waals surface area contributed by atoms with Crippen LogP contribution in [-0.2, 0) is 0 Å². The number of hydrogen-bond acceptors (Lipinski definition) is 3. The van der Waals surface area contributed by atoms with Gasteiger partial charge in [0.15, 0.2) is 0 Å². The summed E-state index contributed by atoms with van der Waals surface area (Å²) in [5, 5.41) is 8.16. The Bertz CT molecular complexity index is 1210. The fourth-order valence-corrected chi connectivity index (χ4v) is 4.65. The Morgan fingerprint density at radius 3 is 2.55 bits per heavy atom. The van der Waals surface area contributed by atoms with Crippen LogP contribution >= 0.6 is 11.9 Å². The molecule has 1 aromatic heterocycles. The summed E-state index contributed by atoms with van der Waals surface area (Å²) in [6.45, 7) is 8.93. The molecule has 158 valence electrons. The lowest BCUT2D eigenvalue weighted by Crippen LogP contribution is -2.01. The van der Waals surface area contributed by atoms with Gasteiger partial charge in [-0.1, -0.05) is 50.8 Å². The lowest BCUT2D eigenvalue weighted by Gasteiger charge is -2.16. The standard InChI is InChI=1S/C24H20FN3S.C2H6/c1-16-13-14-26-24-20(6-4-7-21(24)27-16)23-15-17-5-2-3-8-22(17)28(23)29-19-11-9-18(25)10-12-19;1-2/h2-12,15,26-27H,1,13-14H2;1-2H3. The molecule has 0 amide bonds. The van der Waals surface area contributed by atoms with Crippen molar-refractivity contribution in [3.63, 3.8) is 0 Å². The fourth-order valence-electron chi connectivity index (χ4n) is 3.67. The van der Waals surface area contributed by atoms with Crippen molar-refractivity contribution in [1.82, 2.24) is 3.97 Å². The first-order valence-corrected chi connectivity index (χ1v) is 11.3. The van der Waals surface area contributed by atoms with Crippen molar-refractivity contribution in [2.24, 2.45) is 0 Å². The molecular formula is C26H26FN3S. The maximum atomic E-state index is 13.4. The zero-order valence-electron chi connectivity index (χ0n) is 17.8. The number of hydrogen-bond donors (Lipinski definition) is 2. The number of benzene rings is 3. The summed E-state index contributed by atoms with van der Waals surface area (Å²) in [5.74, 6) is -0.226. The molecule has 1 aliphatic rings. The van der Waals surface area contributed by atoms with Gasteiger partial charge < -0.3 is 10.6 Å². The second-order valence-corrected chi connectivity index (χ2v) is 8.08. The van der Waals surface area contributed by atoms with Crippen LogP contribution in [0.3, 0.4) is 0 Å². The summed E-state index contributed by atoms with van der Waals surface area (Å²) in [6.07, 6.45) is 0.876. The topological polar surface area (TPSA) is 29.0 Å². The number of anilines is 2. The van der Waals surface area contributed by atoms with Gasteiger partial charge in [0.2, 0.25) is 0 Å². The van der Waals surface area contributed by atoms with Gasteiger partial charge in [0.1, 0.15) is 5.82 Å². The second kappa shape index (κ2) is 9.31. The summed E-state index contributed by atoms with van der Waals surface area (Å²) in [7, 11) is 0. The zero-order valence-corrected chi connectivity index (χ0v) is 18.6. The third kappa shape index (κ3) is 4.32. The van der Waals surface area contributed by atoms with Crippen molar-refractivity contribution in [3.05, 3.63) is 90.9 Å². The van der Waals surface area contributed by atoms with Crippen LogP contribution in [-0.4, -0.2) is 10.5 Å². The minimum Gasteiger partial charge on any atom is -0.382 e. The average molecular weight is 432 g/mol. The number of fused-ring (bicyclic) bond motifs is 2. The number of halogens is 1. The normalized spacial score (nSPS) is 12.8. The maximum Gasteiger partial charge on any atom is 0.123 e. The van der Waals surface area contributed by atoms with Crippen molar-refractivity contribution in [2.75, 3.05) is 17.2 Å². The Morgan fingerprint density at radius 1 is 0.968 bits per heavy atom. The Hall–Kier alpha value is -3.18. The predicted molar refractivity (Wildman–Crippen MR) is 132 cm³/mol. The van der Waals surface area contributed by atoms with Crippen LogP contribution in [0.15, 0.2) is 90.0 Å². The lowest BCUT2D eigenvalue weighted by molar-refractivity contribution is 0.626. The summed E-state index contributed by atoms with van der Waals surface area (Å²) >= 11 is 1.59. The summed E-state index contributed by atoms with van der Waals surface area (Å²) in [4.78, 5) is 0.982. The van der Waals surface area contributed by atoms with E-state index < -0.39 is 0 Å². The van der Waals surface area contributed by atoms with Gasteiger partial charge in [-0.25, -0.2) is 4.39 Å². The predicted octanol–water partition coefficient (Wildman–Crippen LogP) is 7.77. The molecule has 2 heterocycles. The van der Waals surface area contributed by atoms with E-state index in [0.717, 1.165) is 51.7 Å². The van der Waals surface area contributed by atoms with E-state index in [4.69, 9.17) is 0 Å². The summed E-state index contributed by atoms with van der Waals surface area (Å²) in [5.41, 5.74) is 6.47. The smallest absolute Gasteiger partial charge is 0.123 e.